The van der Waals surface area contributed by atoms with E-state index >= 15 is 0 Å². The Morgan fingerprint density at radius 2 is 1.67 bits per heavy atom. The van der Waals surface area contributed by atoms with Crippen LogP contribution in [0.3, 0.4) is 0 Å². The van der Waals surface area contributed by atoms with Gasteiger partial charge < -0.3 is 9.47 Å². The Bertz CT molecular complexity index is 526. The van der Waals surface area contributed by atoms with E-state index in [-0.39, 0.29) is 0 Å². The van der Waals surface area contributed by atoms with Gasteiger partial charge in [-0.2, -0.15) is 0 Å². The minimum atomic E-state index is -0.550. The maximum absolute atomic E-state index is 11.7. The van der Waals surface area contributed by atoms with Gasteiger partial charge in [0.05, 0.1) is 12.8 Å². The number of para-hydroxylation sites is 3. The van der Waals surface area contributed by atoms with Crippen LogP contribution in [0.2, 0.25) is 0 Å². The highest BCUT2D eigenvalue weighted by Gasteiger charge is 2.08. The van der Waals surface area contributed by atoms with Gasteiger partial charge in [-0.05, 0) is 24.3 Å². The van der Waals surface area contributed by atoms with E-state index in [1.165, 1.54) is 0 Å². The Morgan fingerprint density at radius 3 is 2.39 bits per heavy atom. The van der Waals surface area contributed by atoms with Crippen LogP contribution in [0.1, 0.15) is 0 Å². The summed E-state index contributed by atoms with van der Waals surface area (Å²) in [6, 6.07) is 16.0. The second kappa shape index (κ2) is 5.72. The van der Waals surface area contributed by atoms with Gasteiger partial charge in [0, 0.05) is 0 Å². The lowest BCUT2D eigenvalue weighted by Crippen LogP contribution is -2.17. The minimum Gasteiger partial charge on any atom is -0.495 e. The molecule has 4 nitrogen and oxygen atoms in total. The first-order valence-electron chi connectivity index (χ1n) is 5.46. The zero-order valence-corrected chi connectivity index (χ0v) is 9.92. The number of ether oxygens (including phenoxy) is 2. The maximum atomic E-state index is 11.7. The predicted molar refractivity (Wildman–Crippen MR) is 69.1 cm³/mol. The fourth-order valence-electron chi connectivity index (χ4n) is 1.48. The fourth-order valence-corrected chi connectivity index (χ4v) is 1.48. The lowest BCUT2D eigenvalue weighted by molar-refractivity contribution is 0.215. The second-order valence-electron chi connectivity index (χ2n) is 3.53. The van der Waals surface area contributed by atoms with Crippen molar-refractivity contribution in [2.75, 3.05) is 12.4 Å². The quantitative estimate of drug-likeness (QED) is 0.899. The molecule has 18 heavy (non-hydrogen) atoms. The largest absolute Gasteiger partial charge is 0.495 e. The fraction of sp³-hybridized carbons (Fsp3) is 0.0714. The number of carbonyl (C=O) groups is 1. The molecule has 2 aromatic rings. The number of hydrogen-bond acceptors (Lipinski definition) is 3. The van der Waals surface area contributed by atoms with Crippen molar-refractivity contribution in [3.05, 3.63) is 54.6 Å². The number of benzene rings is 2. The molecule has 0 bridgehead atoms. The summed E-state index contributed by atoms with van der Waals surface area (Å²) in [6.07, 6.45) is -0.550. The molecule has 0 fully saturated rings. The van der Waals surface area contributed by atoms with E-state index < -0.39 is 6.09 Å². The highest BCUT2D eigenvalue weighted by atomic mass is 16.6. The Balaban J connectivity index is 2.03. The van der Waals surface area contributed by atoms with Gasteiger partial charge >= 0.3 is 6.09 Å². The number of anilines is 1. The number of nitrogens with one attached hydrogen (secondary N) is 1. The third-order valence-corrected chi connectivity index (χ3v) is 2.30. The normalized spacial score (nSPS) is 9.61. The minimum absolute atomic E-state index is 0.491. The molecule has 0 heterocycles. The Kier molecular flexibility index (Phi) is 3.81. The van der Waals surface area contributed by atoms with Gasteiger partial charge in [0.25, 0.3) is 0 Å². The molecule has 92 valence electrons. The molecule has 0 saturated heterocycles. The molecule has 0 atom stereocenters. The monoisotopic (exact) mass is 243 g/mol. The van der Waals surface area contributed by atoms with Gasteiger partial charge in [0.1, 0.15) is 11.5 Å². The highest BCUT2D eigenvalue weighted by molar-refractivity contribution is 5.88. The molecular formula is C14H13NO3. The molecule has 4 heteroatoms. The molecule has 0 aliphatic heterocycles. The molecule has 0 aliphatic carbocycles. The van der Waals surface area contributed by atoms with Crippen molar-refractivity contribution < 1.29 is 14.3 Å². The molecule has 0 aromatic heterocycles. The summed E-state index contributed by atoms with van der Waals surface area (Å²) in [5, 5.41) is 2.62. The Labute approximate surface area is 105 Å². The summed E-state index contributed by atoms with van der Waals surface area (Å²) in [7, 11) is 1.54. The summed E-state index contributed by atoms with van der Waals surface area (Å²) in [5.41, 5.74) is 0.570. The maximum Gasteiger partial charge on any atom is 0.417 e. The van der Waals surface area contributed by atoms with Crippen LogP contribution in [0.4, 0.5) is 10.5 Å². The SMILES string of the molecule is COc1ccccc1NC(=O)Oc1ccccc1. The Hall–Kier alpha value is -2.49. The van der Waals surface area contributed by atoms with E-state index in [4.69, 9.17) is 9.47 Å². The van der Waals surface area contributed by atoms with Gasteiger partial charge in [0.15, 0.2) is 0 Å². The molecule has 0 aliphatic rings. The van der Waals surface area contributed by atoms with Crippen LogP contribution in [0.25, 0.3) is 0 Å². The first-order valence-corrected chi connectivity index (χ1v) is 5.46. The number of rotatable bonds is 3. The summed E-state index contributed by atoms with van der Waals surface area (Å²) in [6.45, 7) is 0. The summed E-state index contributed by atoms with van der Waals surface area (Å²) >= 11 is 0. The van der Waals surface area contributed by atoms with Crippen molar-refractivity contribution in [3.63, 3.8) is 0 Å². The first-order chi connectivity index (χ1) is 8.79. The Morgan fingerprint density at radius 1 is 1.00 bits per heavy atom. The number of methoxy groups -OCH3 is 1. The topological polar surface area (TPSA) is 47.6 Å². The van der Waals surface area contributed by atoms with E-state index in [0.717, 1.165) is 0 Å². The zero-order valence-electron chi connectivity index (χ0n) is 9.92. The molecule has 1 amide bonds. The van der Waals surface area contributed by atoms with Gasteiger partial charge in [-0.3, -0.25) is 5.32 Å². The molecule has 2 aromatic carbocycles. The lowest BCUT2D eigenvalue weighted by Gasteiger charge is -2.09. The van der Waals surface area contributed by atoms with E-state index in [1.807, 2.05) is 12.1 Å². The summed E-state index contributed by atoms with van der Waals surface area (Å²) in [5.74, 6) is 1.08. The molecule has 0 spiro atoms. The number of amides is 1. The van der Waals surface area contributed by atoms with E-state index in [1.54, 1.807) is 49.6 Å². The van der Waals surface area contributed by atoms with E-state index in [0.29, 0.717) is 17.2 Å². The van der Waals surface area contributed by atoms with Gasteiger partial charge in [-0.25, -0.2) is 4.79 Å². The second-order valence-corrected chi connectivity index (χ2v) is 3.53. The number of hydrogen-bond donors (Lipinski definition) is 1. The standard InChI is InChI=1S/C14H13NO3/c1-17-13-10-6-5-9-12(13)15-14(16)18-11-7-3-2-4-8-11/h2-10H,1H3,(H,15,16). The molecule has 0 unspecified atom stereocenters. The van der Waals surface area contributed by atoms with Crippen LogP contribution in [-0.2, 0) is 0 Å². The van der Waals surface area contributed by atoms with Gasteiger partial charge in [-0.15, -0.1) is 0 Å². The van der Waals surface area contributed by atoms with Crippen LogP contribution in [-0.4, -0.2) is 13.2 Å². The lowest BCUT2D eigenvalue weighted by atomic mass is 10.3. The van der Waals surface area contributed by atoms with Crippen molar-refractivity contribution in [1.82, 2.24) is 0 Å². The van der Waals surface area contributed by atoms with Gasteiger partial charge in [-0.1, -0.05) is 30.3 Å². The average molecular weight is 243 g/mol. The summed E-state index contributed by atoms with van der Waals surface area (Å²) < 4.78 is 10.2. The van der Waals surface area contributed by atoms with E-state index in [9.17, 15) is 4.79 Å². The van der Waals surface area contributed by atoms with Crippen molar-refractivity contribution in [2.24, 2.45) is 0 Å². The first kappa shape index (κ1) is 12.0. The van der Waals surface area contributed by atoms with Crippen molar-refractivity contribution in [1.29, 1.82) is 0 Å². The third-order valence-electron chi connectivity index (χ3n) is 2.30. The highest BCUT2D eigenvalue weighted by Crippen LogP contribution is 2.23. The molecule has 1 N–H and O–H groups in total. The molecule has 0 saturated carbocycles. The smallest absolute Gasteiger partial charge is 0.417 e. The van der Waals surface area contributed by atoms with Crippen LogP contribution in [0.5, 0.6) is 11.5 Å². The zero-order chi connectivity index (χ0) is 12.8. The van der Waals surface area contributed by atoms with Crippen molar-refractivity contribution in [2.45, 2.75) is 0 Å². The van der Waals surface area contributed by atoms with Crippen molar-refractivity contribution >= 4 is 11.8 Å². The van der Waals surface area contributed by atoms with Crippen LogP contribution in [0, 0.1) is 0 Å². The van der Waals surface area contributed by atoms with Crippen LogP contribution >= 0.6 is 0 Å². The van der Waals surface area contributed by atoms with E-state index in [2.05, 4.69) is 5.32 Å². The average Bonchev–Trinajstić information content (AvgIpc) is 2.40. The number of carbonyl (C=O) groups excluding carboxylic acids is 1. The van der Waals surface area contributed by atoms with Crippen LogP contribution in [0.15, 0.2) is 54.6 Å². The van der Waals surface area contributed by atoms with Crippen molar-refractivity contribution in [3.8, 4) is 11.5 Å². The third kappa shape index (κ3) is 3.01. The molecule has 0 radical (unpaired) electrons. The molecular weight excluding hydrogens is 230 g/mol. The van der Waals surface area contributed by atoms with Gasteiger partial charge in [0.2, 0.25) is 0 Å². The molecule has 2 rings (SSSR count). The van der Waals surface area contributed by atoms with Crippen LogP contribution < -0.4 is 14.8 Å². The summed E-state index contributed by atoms with van der Waals surface area (Å²) in [4.78, 5) is 11.7. The predicted octanol–water partition coefficient (Wildman–Crippen LogP) is 3.31.